The minimum Gasteiger partial charge on any atom is -0.393 e. The molecule has 2 aromatic heterocycles. The van der Waals surface area contributed by atoms with Gasteiger partial charge in [0, 0.05) is 45.1 Å². The SMILES string of the molecule is Cn1c(C2CCC(O)CC2)c(Sc2ccc(Cl)cc2)c2cccnc21. The molecule has 1 aliphatic rings. The Balaban J connectivity index is 1.80. The van der Waals surface area contributed by atoms with E-state index in [1.807, 2.05) is 24.4 Å². The van der Waals surface area contributed by atoms with E-state index in [1.165, 1.54) is 20.9 Å². The molecule has 2 heterocycles. The Kier molecular flexibility index (Phi) is 4.76. The molecule has 0 spiro atoms. The monoisotopic (exact) mass is 372 g/mol. The predicted molar refractivity (Wildman–Crippen MR) is 104 cm³/mol. The van der Waals surface area contributed by atoms with E-state index in [9.17, 15) is 5.11 Å². The van der Waals surface area contributed by atoms with Gasteiger partial charge in [0.2, 0.25) is 0 Å². The third-order valence-corrected chi connectivity index (χ3v) is 6.45. The molecular weight excluding hydrogens is 352 g/mol. The summed E-state index contributed by atoms with van der Waals surface area (Å²) in [7, 11) is 2.11. The molecule has 1 fully saturated rings. The third kappa shape index (κ3) is 3.31. The summed E-state index contributed by atoms with van der Waals surface area (Å²) >= 11 is 7.82. The van der Waals surface area contributed by atoms with Crippen molar-refractivity contribution >= 4 is 34.4 Å². The number of hydrogen-bond acceptors (Lipinski definition) is 3. The van der Waals surface area contributed by atoms with Gasteiger partial charge in [-0.15, -0.1) is 0 Å². The van der Waals surface area contributed by atoms with Crippen molar-refractivity contribution in [2.24, 2.45) is 7.05 Å². The first-order chi connectivity index (χ1) is 12.1. The number of pyridine rings is 1. The van der Waals surface area contributed by atoms with E-state index in [1.54, 1.807) is 11.8 Å². The van der Waals surface area contributed by atoms with Crippen molar-refractivity contribution in [3.05, 3.63) is 53.3 Å². The van der Waals surface area contributed by atoms with Gasteiger partial charge in [0.25, 0.3) is 0 Å². The van der Waals surface area contributed by atoms with Crippen molar-refractivity contribution in [1.82, 2.24) is 9.55 Å². The maximum absolute atomic E-state index is 9.88. The number of aromatic nitrogens is 2. The molecule has 0 atom stereocenters. The highest BCUT2D eigenvalue weighted by Gasteiger charge is 2.28. The maximum Gasteiger partial charge on any atom is 0.140 e. The van der Waals surface area contributed by atoms with Crippen molar-refractivity contribution in [2.75, 3.05) is 0 Å². The first-order valence-electron chi connectivity index (χ1n) is 8.68. The fourth-order valence-corrected chi connectivity index (χ4v) is 5.09. The van der Waals surface area contributed by atoms with Crippen LogP contribution in [-0.2, 0) is 7.05 Å². The topological polar surface area (TPSA) is 38.0 Å². The summed E-state index contributed by atoms with van der Waals surface area (Å²) in [6.45, 7) is 0. The standard InChI is InChI=1S/C20H21ClN2OS/c1-23-18(13-4-8-15(24)9-5-13)19(17-3-2-12-22-20(17)23)25-16-10-6-14(21)7-11-16/h2-3,6-7,10-13,15,24H,4-5,8-9H2,1H3. The molecule has 130 valence electrons. The molecule has 1 aromatic carbocycles. The number of aliphatic hydroxyl groups is 1. The smallest absolute Gasteiger partial charge is 0.140 e. The lowest BCUT2D eigenvalue weighted by molar-refractivity contribution is 0.121. The molecule has 1 aliphatic carbocycles. The largest absolute Gasteiger partial charge is 0.393 e. The van der Waals surface area contributed by atoms with Gasteiger partial charge >= 0.3 is 0 Å². The average molecular weight is 373 g/mol. The second-order valence-corrected chi connectivity index (χ2v) is 8.23. The molecule has 0 bridgehead atoms. The van der Waals surface area contributed by atoms with Crippen molar-refractivity contribution in [1.29, 1.82) is 0 Å². The molecule has 25 heavy (non-hydrogen) atoms. The van der Waals surface area contributed by atoms with Crippen LogP contribution >= 0.6 is 23.4 Å². The minimum atomic E-state index is -0.142. The van der Waals surface area contributed by atoms with Gasteiger partial charge in [-0.1, -0.05) is 23.4 Å². The molecule has 0 radical (unpaired) electrons. The molecule has 4 rings (SSSR count). The van der Waals surface area contributed by atoms with E-state index in [0.29, 0.717) is 5.92 Å². The van der Waals surface area contributed by atoms with Crippen LogP contribution in [0.3, 0.4) is 0 Å². The van der Waals surface area contributed by atoms with Crippen LogP contribution in [0.25, 0.3) is 11.0 Å². The lowest BCUT2D eigenvalue weighted by Gasteiger charge is -2.27. The van der Waals surface area contributed by atoms with Crippen LogP contribution in [0.4, 0.5) is 0 Å². The van der Waals surface area contributed by atoms with Crippen LogP contribution in [0.2, 0.25) is 5.02 Å². The number of nitrogens with zero attached hydrogens (tertiary/aromatic N) is 2. The van der Waals surface area contributed by atoms with Crippen LogP contribution in [0.5, 0.6) is 0 Å². The molecule has 0 amide bonds. The van der Waals surface area contributed by atoms with Crippen molar-refractivity contribution < 1.29 is 5.11 Å². The van der Waals surface area contributed by atoms with Crippen LogP contribution < -0.4 is 0 Å². The summed E-state index contributed by atoms with van der Waals surface area (Å²) in [6.07, 6.45) is 5.53. The molecule has 3 nitrogen and oxygen atoms in total. The van der Waals surface area contributed by atoms with Gasteiger partial charge in [-0.05, 0) is 62.1 Å². The van der Waals surface area contributed by atoms with Crippen LogP contribution in [-0.4, -0.2) is 20.8 Å². The molecule has 0 aliphatic heterocycles. The Morgan fingerprint density at radius 2 is 1.84 bits per heavy atom. The Morgan fingerprint density at radius 3 is 2.56 bits per heavy atom. The van der Waals surface area contributed by atoms with E-state index in [0.717, 1.165) is 36.4 Å². The number of aryl methyl sites for hydroxylation is 1. The Hall–Kier alpha value is -1.49. The second kappa shape index (κ2) is 7.02. The van der Waals surface area contributed by atoms with Crippen molar-refractivity contribution in [3.8, 4) is 0 Å². The molecule has 1 saturated carbocycles. The number of benzene rings is 1. The lowest BCUT2D eigenvalue weighted by atomic mass is 9.85. The summed E-state index contributed by atoms with van der Waals surface area (Å²) in [6, 6.07) is 12.2. The van der Waals surface area contributed by atoms with Crippen molar-refractivity contribution in [2.45, 2.75) is 47.5 Å². The van der Waals surface area contributed by atoms with Crippen LogP contribution in [0.1, 0.15) is 37.3 Å². The van der Waals surface area contributed by atoms with E-state index in [-0.39, 0.29) is 6.10 Å². The Morgan fingerprint density at radius 1 is 1.12 bits per heavy atom. The zero-order chi connectivity index (χ0) is 17.4. The van der Waals surface area contributed by atoms with Crippen molar-refractivity contribution in [3.63, 3.8) is 0 Å². The van der Waals surface area contributed by atoms with Gasteiger partial charge in [0.1, 0.15) is 5.65 Å². The summed E-state index contributed by atoms with van der Waals surface area (Å²) in [4.78, 5) is 7.07. The van der Waals surface area contributed by atoms with Crippen LogP contribution in [0.15, 0.2) is 52.4 Å². The average Bonchev–Trinajstić information content (AvgIpc) is 2.90. The van der Waals surface area contributed by atoms with Gasteiger partial charge in [-0.25, -0.2) is 4.98 Å². The van der Waals surface area contributed by atoms with Gasteiger partial charge < -0.3 is 9.67 Å². The highest BCUT2D eigenvalue weighted by atomic mass is 35.5. The maximum atomic E-state index is 9.88. The highest BCUT2D eigenvalue weighted by Crippen LogP contribution is 2.44. The summed E-state index contributed by atoms with van der Waals surface area (Å²) in [5, 5.41) is 11.8. The fraction of sp³-hybridized carbons (Fsp3) is 0.350. The first-order valence-corrected chi connectivity index (χ1v) is 9.87. The zero-order valence-electron chi connectivity index (χ0n) is 14.2. The zero-order valence-corrected chi connectivity index (χ0v) is 15.7. The predicted octanol–water partition coefficient (Wildman–Crippen LogP) is 5.40. The van der Waals surface area contributed by atoms with E-state index in [4.69, 9.17) is 11.6 Å². The lowest BCUT2D eigenvalue weighted by Crippen LogP contribution is -2.19. The normalized spacial score (nSPS) is 20.9. The van der Waals surface area contributed by atoms with E-state index >= 15 is 0 Å². The van der Waals surface area contributed by atoms with Gasteiger partial charge in [-0.2, -0.15) is 0 Å². The molecule has 5 heteroatoms. The molecular formula is C20H21ClN2OS. The number of halogens is 1. The number of aliphatic hydroxyl groups excluding tert-OH is 1. The first kappa shape index (κ1) is 17.0. The Labute approximate surface area is 157 Å². The fourth-order valence-electron chi connectivity index (χ4n) is 3.78. The van der Waals surface area contributed by atoms with Gasteiger partial charge in [-0.3, -0.25) is 0 Å². The van der Waals surface area contributed by atoms with Gasteiger partial charge in [0.05, 0.1) is 6.10 Å². The number of fused-ring (bicyclic) bond motifs is 1. The molecule has 0 saturated heterocycles. The number of rotatable bonds is 3. The summed E-state index contributed by atoms with van der Waals surface area (Å²) < 4.78 is 2.25. The van der Waals surface area contributed by atoms with E-state index < -0.39 is 0 Å². The van der Waals surface area contributed by atoms with E-state index in [2.05, 4.69) is 34.8 Å². The van der Waals surface area contributed by atoms with Crippen LogP contribution in [0, 0.1) is 0 Å². The third-order valence-electron chi connectivity index (χ3n) is 5.06. The molecule has 3 aromatic rings. The Bertz CT molecular complexity index is 883. The molecule has 1 N–H and O–H groups in total. The number of hydrogen-bond donors (Lipinski definition) is 1. The highest BCUT2D eigenvalue weighted by molar-refractivity contribution is 7.99. The van der Waals surface area contributed by atoms with Gasteiger partial charge in [0.15, 0.2) is 0 Å². The molecule has 0 unspecified atom stereocenters. The summed E-state index contributed by atoms with van der Waals surface area (Å²) in [5.41, 5.74) is 2.38. The minimum absolute atomic E-state index is 0.142. The second-order valence-electron chi connectivity index (χ2n) is 6.71. The quantitative estimate of drug-likeness (QED) is 0.669. The summed E-state index contributed by atoms with van der Waals surface area (Å²) in [5.74, 6) is 0.470.